The van der Waals surface area contributed by atoms with Gasteiger partial charge in [0.15, 0.2) is 5.65 Å². The lowest BCUT2D eigenvalue weighted by atomic mass is 10.1. The second kappa shape index (κ2) is 11.7. The van der Waals surface area contributed by atoms with Crippen LogP contribution in [0.1, 0.15) is 32.0 Å². The van der Waals surface area contributed by atoms with Gasteiger partial charge in [0.25, 0.3) is 11.5 Å². The molecule has 1 aliphatic heterocycles. The van der Waals surface area contributed by atoms with Crippen molar-refractivity contribution in [2.75, 3.05) is 36.0 Å². The van der Waals surface area contributed by atoms with Crippen LogP contribution in [0.2, 0.25) is 0 Å². The third-order valence-corrected chi connectivity index (χ3v) is 7.51. The van der Waals surface area contributed by atoms with Gasteiger partial charge in [-0.05, 0) is 67.1 Å². The molecule has 0 unspecified atom stereocenters. The highest BCUT2D eigenvalue weighted by molar-refractivity contribution is 5.94. The van der Waals surface area contributed by atoms with Gasteiger partial charge in [0.05, 0.1) is 16.9 Å². The molecule has 0 atom stereocenters. The summed E-state index contributed by atoms with van der Waals surface area (Å²) in [6, 6.07) is 22.2. The number of aromatic nitrogens is 4. The molecule has 4 heterocycles. The van der Waals surface area contributed by atoms with Crippen molar-refractivity contribution >= 4 is 34.7 Å². The summed E-state index contributed by atoms with van der Waals surface area (Å²) in [4.78, 5) is 55.4. The van der Waals surface area contributed by atoms with Gasteiger partial charge in [-0.2, -0.15) is 4.98 Å². The van der Waals surface area contributed by atoms with Crippen LogP contribution in [-0.2, 0) is 6.54 Å². The largest absolute Gasteiger partial charge is 0.478 e. The molecular formula is C32H29N7O4. The van der Waals surface area contributed by atoms with Gasteiger partial charge in [-0.15, -0.1) is 0 Å². The molecule has 11 nitrogen and oxygen atoms in total. The number of carboxylic acid groups (broad SMARTS) is 1. The van der Waals surface area contributed by atoms with E-state index in [4.69, 9.17) is 15.1 Å². The Morgan fingerprint density at radius 2 is 1.53 bits per heavy atom. The van der Waals surface area contributed by atoms with Crippen molar-refractivity contribution in [1.29, 1.82) is 0 Å². The number of piperazine rings is 1. The zero-order chi connectivity index (χ0) is 29.9. The maximum Gasteiger partial charge on any atom is 0.335 e. The van der Waals surface area contributed by atoms with Gasteiger partial charge in [-0.3, -0.25) is 14.2 Å². The maximum absolute atomic E-state index is 13.1. The minimum absolute atomic E-state index is 0.185. The lowest BCUT2D eigenvalue weighted by Crippen LogP contribution is -2.47. The van der Waals surface area contributed by atoms with Crippen LogP contribution in [0.15, 0.2) is 89.9 Å². The first-order chi connectivity index (χ1) is 20.9. The Labute approximate surface area is 247 Å². The first-order valence-electron chi connectivity index (χ1n) is 13.9. The fraction of sp³-hybridized carbons (Fsp3) is 0.188. The first kappa shape index (κ1) is 27.6. The standard InChI is InChI=1S/C32H29N7O4/c1-21-26-13-14-28(40)39(29(26)36-32(35-21)38-18-16-37(17-19-38)27-4-2-3-15-33-27)25-11-9-23(10-12-25)30(41)34-20-22-5-7-24(8-6-22)31(42)43/h2-15H,16-20H2,1H3,(H,34,41)(H,42,43). The predicted octanol–water partition coefficient (Wildman–Crippen LogP) is 3.44. The maximum atomic E-state index is 13.1. The Kier molecular flexibility index (Phi) is 7.52. The highest BCUT2D eigenvalue weighted by atomic mass is 16.4. The molecule has 3 aromatic heterocycles. The number of nitrogens with one attached hydrogen (secondary N) is 1. The Morgan fingerprint density at radius 1 is 0.837 bits per heavy atom. The zero-order valence-corrected chi connectivity index (χ0v) is 23.5. The van der Waals surface area contributed by atoms with Crippen LogP contribution in [0.4, 0.5) is 11.8 Å². The molecule has 43 heavy (non-hydrogen) atoms. The monoisotopic (exact) mass is 575 g/mol. The summed E-state index contributed by atoms with van der Waals surface area (Å²) in [5.41, 5.74) is 3.01. The molecule has 0 aliphatic carbocycles. The highest BCUT2D eigenvalue weighted by Gasteiger charge is 2.22. The summed E-state index contributed by atoms with van der Waals surface area (Å²) in [5, 5.41) is 12.7. The molecule has 0 bridgehead atoms. The van der Waals surface area contributed by atoms with Crippen molar-refractivity contribution in [2.24, 2.45) is 0 Å². The molecule has 216 valence electrons. The third kappa shape index (κ3) is 5.78. The van der Waals surface area contributed by atoms with E-state index in [1.165, 1.54) is 18.2 Å². The van der Waals surface area contributed by atoms with E-state index >= 15 is 0 Å². The Balaban J connectivity index is 1.21. The number of carboxylic acids is 1. The molecule has 1 saturated heterocycles. The smallest absolute Gasteiger partial charge is 0.335 e. The number of carbonyl (C=O) groups is 2. The zero-order valence-electron chi connectivity index (χ0n) is 23.5. The van der Waals surface area contributed by atoms with Gasteiger partial charge in [-0.1, -0.05) is 18.2 Å². The van der Waals surface area contributed by atoms with E-state index in [1.807, 2.05) is 25.1 Å². The van der Waals surface area contributed by atoms with Gasteiger partial charge >= 0.3 is 5.97 Å². The van der Waals surface area contributed by atoms with Crippen molar-refractivity contribution < 1.29 is 14.7 Å². The summed E-state index contributed by atoms with van der Waals surface area (Å²) in [6.07, 6.45) is 1.79. The van der Waals surface area contributed by atoms with Crippen LogP contribution in [-0.4, -0.2) is 62.7 Å². The number of nitrogens with zero attached hydrogens (tertiary/aromatic N) is 6. The highest BCUT2D eigenvalue weighted by Crippen LogP contribution is 2.23. The molecule has 11 heteroatoms. The average molecular weight is 576 g/mol. The van der Waals surface area contributed by atoms with Crippen LogP contribution in [0.25, 0.3) is 16.7 Å². The summed E-state index contributed by atoms with van der Waals surface area (Å²) in [7, 11) is 0. The van der Waals surface area contributed by atoms with E-state index in [1.54, 1.807) is 53.2 Å². The van der Waals surface area contributed by atoms with Crippen molar-refractivity contribution in [1.82, 2.24) is 24.8 Å². The molecule has 5 aromatic rings. The van der Waals surface area contributed by atoms with Crippen LogP contribution in [0.3, 0.4) is 0 Å². The summed E-state index contributed by atoms with van der Waals surface area (Å²) in [5.74, 6) is 0.221. The van der Waals surface area contributed by atoms with Crippen LogP contribution >= 0.6 is 0 Å². The minimum Gasteiger partial charge on any atom is -0.478 e. The van der Waals surface area contributed by atoms with E-state index in [2.05, 4.69) is 20.1 Å². The molecule has 2 N–H and O–H groups in total. The number of amides is 1. The van der Waals surface area contributed by atoms with E-state index in [-0.39, 0.29) is 23.6 Å². The number of aryl methyl sites for hydroxylation is 1. The van der Waals surface area contributed by atoms with Gasteiger partial charge in [0.2, 0.25) is 5.95 Å². The number of carbonyl (C=O) groups excluding carboxylic acids is 1. The van der Waals surface area contributed by atoms with Crippen LogP contribution in [0, 0.1) is 6.92 Å². The summed E-state index contributed by atoms with van der Waals surface area (Å²) < 4.78 is 1.54. The number of fused-ring (bicyclic) bond motifs is 1. The SMILES string of the molecule is Cc1nc(N2CCN(c3ccccn3)CC2)nc2c1ccc(=O)n2-c1ccc(C(=O)NCc2ccc(C(=O)O)cc2)cc1. The number of hydrogen-bond acceptors (Lipinski definition) is 8. The minimum atomic E-state index is -1.00. The number of rotatable bonds is 7. The molecule has 1 fully saturated rings. The first-order valence-corrected chi connectivity index (χ1v) is 13.9. The topological polar surface area (TPSA) is 134 Å². The van der Waals surface area contributed by atoms with Crippen molar-refractivity contribution in [3.63, 3.8) is 0 Å². The Bertz CT molecular complexity index is 1850. The van der Waals surface area contributed by atoms with Crippen molar-refractivity contribution in [3.05, 3.63) is 118 Å². The van der Waals surface area contributed by atoms with E-state index < -0.39 is 5.97 Å². The quantitative estimate of drug-likeness (QED) is 0.299. The fourth-order valence-electron chi connectivity index (χ4n) is 5.13. The molecular weight excluding hydrogens is 546 g/mol. The number of benzene rings is 2. The molecule has 0 radical (unpaired) electrons. The molecule has 1 amide bonds. The predicted molar refractivity (Wildman–Crippen MR) is 163 cm³/mol. The fourth-order valence-corrected chi connectivity index (χ4v) is 5.13. The summed E-state index contributed by atoms with van der Waals surface area (Å²) in [6.45, 7) is 5.14. The van der Waals surface area contributed by atoms with Gasteiger partial charge in [0, 0.05) is 55.9 Å². The number of aromatic carboxylic acids is 1. The summed E-state index contributed by atoms with van der Waals surface area (Å²) >= 11 is 0. The van der Waals surface area contributed by atoms with Gasteiger partial charge < -0.3 is 20.2 Å². The number of hydrogen-bond donors (Lipinski definition) is 2. The lowest BCUT2D eigenvalue weighted by Gasteiger charge is -2.35. The average Bonchev–Trinajstić information content (AvgIpc) is 3.04. The third-order valence-electron chi connectivity index (χ3n) is 7.51. The van der Waals surface area contributed by atoms with Crippen molar-refractivity contribution in [2.45, 2.75) is 13.5 Å². The van der Waals surface area contributed by atoms with E-state index in [0.29, 0.717) is 35.9 Å². The van der Waals surface area contributed by atoms with Crippen LogP contribution in [0.5, 0.6) is 0 Å². The molecule has 0 spiro atoms. The Hall–Kier alpha value is -5.58. The molecule has 6 rings (SSSR count). The van der Waals surface area contributed by atoms with E-state index in [0.717, 1.165) is 35.6 Å². The molecule has 0 saturated carbocycles. The molecule has 1 aliphatic rings. The van der Waals surface area contributed by atoms with E-state index in [9.17, 15) is 14.4 Å². The van der Waals surface area contributed by atoms with Gasteiger partial charge in [-0.25, -0.2) is 14.8 Å². The number of pyridine rings is 2. The van der Waals surface area contributed by atoms with Crippen LogP contribution < -0.4 is 20.7 Å². The Morgan fingerprint density at radius 3 is 2.21 bits per heavy atom. The van der Waals surface area contributed by atoms with Crippen molar-refractivity contribution in [3.8, 4) is 5.69 Å². The molecule has 2 aromatic carbocycles. The normalized spacial score (nSPS) is 13.2. The lowest BCUT2D eigenvalue weighted by molar-refractivity contribution is 0.0696. The number of anilines is 2. The second-order valence-corrected chi connectivity index (χ2v) is 10.2. The second-order valence-electron chi connectivity index (χ2n) is 10.2. The van der Waals surface area contributed by atoms with Gasteiger partial charge in [0.1, 0.15) is 5.82 Å².